The molecule has 0 saturated carbocycles. The first-order valence-electron chi connectivity index (χ1n) is 4.62. The number of hydrazone groups is 1. The first-order chi connectivity index (χ1) is 8.30. The van der Waals surface area contributed by atoms with Crippen LogP contribution in [0.5, 0.6) is 0 Å². The molecule has 9 heteroatoms. The third-order valence-electron chi connectivity index (χ3n) is 2.19. The molecule has 1 aliphatic rings. The number of halogens is 2. The third kappa shape index (κ3) is 2.48. The number of carbonyl (C=O) groups is 1. The van der Waals surface area contributed by atoms with E-state index >= 15 is 0 Å². The second-order valence-electron chi connectivity index (χ2n) is 3.42. The molecule has 0 unspecified atom stereocenters. The van der Waals surface area contributed by atoms with Crippen molar-refractivity contribution in [2.75, 3.05) is 5.01 Å². The van der Waals surface area contributed by atoms with Gasteiger partial charge in [-0.05, 0) is 28.1 Å². The normalized spacial score (nSPS) is 15.5. The SMILES string of the molecule is O=C1CC=NN1c1cc(Br)cc(S(=O)(=O)O)c1Br. The molecule has 0 bridgehead atoms. The van der Waals surface area contributed by atoms with Crippen LogP contribution in [-0.4, -0.2) is 25.1 Å². The second kappa shape index (κ2) is 4.72. The van der Waals surface area contributed by atoms with E-state index in [4.69, 9.17) is 4.55 Å². The summed E-state index contributed by atoms with van der Waals surface area (Å²) < 4.78 is 32.0. The highest BCUT2D eigenvalue weighted by Crippen LogP contribution is 2.36. The summed E-state index contributed by atoms with van der Waals surface area (Å²) in [5, 5.41) is 4.92. The molecule has 0 radical (unpaired) electrons. The monoisotopic (exact) mass is 396 g/mol. The maximum Gasteiger partial charge on any atom is 0.295 e. The van der Waals surface area contributed by atoms with E-state index in [1.807, 2.05) is 0 Å². The van der Waals surface area contributed by atoms with Crippen LogP contribution in [0.25, 0.3) is 0 Å². The zero-order valence-corrected chi connectivity index (χ0v) is 12.7. The van der Waals surface area contributed by atoms with E-state index in [0.29, 0.717) is 4.47 Å². The highest BCUT2D eigenvalue weighted by Gasteiger charge is 2.26. The van der Waals surface area contributed by atoms with E-state index in [1.165, 1.54) is 18.3 Å². The summed E-state index contributed by atoms with van der Waals surface area (Å²) in [6.07, 6.45) is 1.57. The van der Waals surface area contributed by atoms with Crippen LogP contribution in [0.15, 0.2) is 31.1 Å². The summed E-state index contributed by atoms with van der Waals surface area (Å²) in [4.78, 5) is 11.2. The van der Waals surface area contributed by atoms with Gasteiger partial charge < -0.3 is 0 Å². The summed E-state index contributed by atoms with van der Waals surface area (Å²) in [6.45, 7) is 0. The fourth-order valence-electron chi connectivity index (χ4n) is 1.44. The first-order valence-corrected chi connectivity index (χ1v) is 7.65. The van der Waals surface area contributed by atoms with Crippen molar-refractivity contribution in [2.24, 2.45) is 5.10 Å². The highest BCUT2D eigenvalue weighted by molar-refractivity contribution is 9.11. The summed E-state index contributed by atoms with van der Waals surface area (Å²) >= 11 is 6.18. The van der Waals surface area contributed by atoms with Crippen LogP contribution >= 0.6 is 31.9 Å². The average Bonchev–Trinajstić information content (AvgIpc) is 2.66. The summed E-state index contributed by atoms with van der Waals surface area (Å²) in [7, 11) is -4.39. The lowest BCUT2D eigenvalue weighted by atomic mass is 10.3. The van der Waals surface area contributed by atoms with Gasteiger partial charge in [-0.1, -0.05) is 15.9 Å². The van der Waals surface area contributed by atoms with Crippen molar-refractivity contribution in [1.82, 2.24) is 0 Å². The van der Waals surface area contributed by atoms with Gasteiger partial charge in [0.25, 0.3) is 16.0 Å². The van der Waals surface area contributed by atoms with Gasteiger partial charge in [0.2, 0.25) is 0 Å². The van der Waals surface area contributed by atoms with Gasteiger partial charge in [0.05, 0.1) is 16.6 Å². The Morgan fingerprint density at radius 2 is 2.00 bits per heavy atom. The molecule has 0 aromatic heterocycles. The topological polar surface area (TPSA) is 87.0 Å². The summed E-state index contributed by atoms with van der Waals surface area (Å²) in [5.41, 5.74) is 0.246. The summed E-state index contributed by atoms with van der Waals surface area (Å²) in [6, 6.07) is 2.76. The quantitative estimate of drug-likeness (QED) is 0.774. The number of rotatable bonds is 2. The molecule has 1 N–H and O–H groups in total. The molecule has 6 nitrogen and oxygen atoms in total. The Balaban J connectivity index is 2.66. The summed E-state index contributed by atoms with van der Waals surface area (Å²) in [5.74, 6) is -0.282. The minimum Gasteiger partial charge on any atom is -0.282 e. The molecular formula is C9H6Br2N2O4S. The van der Waals surface area contributed by atoms with Crippen LogP contribution in [0, 0.1) is 0 Å². The fraction of sp³-hybridized carbons (Fsp3) is 0.111. The van der Waals surface area contributed by atoms with Crippen molar-refractivity contribution in [3.05, 3.63) is 21.1 Å². The Morgan fingerprint density at radius 1 is 1.33 bits per heavy atom. The van der Waals surface area contributed by atoms with E-state index in [2.05, 4.69) is 37.0 Å². The Labute approximate surface area is 120 Å². The van der Waals surface area contributed by atoms with Crippen LogP contribution in [0.2, 0.25) is 0 Å². The molecular weight excluding hydrogens is 392 g/mol. The largest absolute Gasteiger partial charge is 0.295 e. The Kier molecular flexibility index (Phi) is 3.58. The van der Waals surface area contributed by atoms with Crippen molar-refractivity contribution in [1.29, 1.82) is 0 Å². The molecule has 0 saturated heterocycles. The molecule has 0 spiro atoms. The molecule has 0 atom stereocenters. The lowest BCUT2D eigenvalue weighted by molar-refractivity contribution is -0.116. The standard InChI is InChI=1S/C9H6Br2N2O4S/c10-5-3-6(13-8(14)1-2-12-13)9(11)7(4-5)18(15,16)17/h2-4H,1H2,(H,15,16,17). The number of amides is 1. The van der Waals surface area contributed by atoms with Crippen molar-refractivity contribution < 1.29 is 17.8 Å². The maximum absolute atomic E-state index is 11.6. The van der Waals surface area contributed by atoms with Crippen LogP contribution < -0.4 is 5.01 Å². The number of anilines is 1. The molecule has 1 aromatic carbocycles. The van der Waals surface area contributed by atoms with Gasteiger partial charge in [0.15, 0.2) is 0 Å². The molecule has 96 valence electrons. The van der Waals surface area contributed by atoms with Gasteiger partial charge in [0, 0.05) is 10.7 Å². The zero-order valence-electron chi connectivity index (χ0n) is 8.67. The number of hydrogen-bond donors (Lipinski definition) is 1. The second-order valence-corrected chi connectivity index (χ2v) is 6.52. The molecule has 1 aromatic rings. The maximum atomic E-state index is 11.6. The van der Waals surface area contributed by atoms with Crippen LogP contribution in [0.1, 0.15) is 6.42 Å². The van der Waals surface area contributed by atoms with Gasteiger partial charge in [0.1, 0.15) is 4.90 Å². The van der Waals surface area contributed by atoms with E-state index in [1.54, 1.807) is 0 Å². The van der Waals surface area contributed by atoms with E-state index in [0.717, 1.165) is 5.01 Å². The van der Waals surface area contributed by atoms with Gasteiger partial charge >= 0.3 is 0 Å². The fourth-order valence-corrected chi connectivity index (χ4v) is 3.66. The third-order valence-corrected chi connectivity index (χ3v) is 4.62. The smallest absolute Gasteiger partial charge is 0.282 e. The van der Waals surface area contributed by atoms with Gasteiger partial charge in [-0.3, -0.25) is 9.35 Å². The number of carbonyl (C=O) groups excluding carboxylic acids is 1. The molecule has 0 fully saturated rings. The van der Waals surface area contributed by atoms with Crippen LogP contribution in [0.3, 0.4) is 0 Å². The first kappa shape index (κ1) is 13.7. The molecule has 1 aliphatic heterocycles. The Morgan fingerprint density at radius 3 is 2.50 bits per heavy atom. The van der Waals surface area contributed by atoms with E-state index in [-0.39, 0.29) is 27.4 Å². The lowest BCUT2D eigenvalue weighted by Crippen LogP contribution is -2.20. The number of benzene rings is 1. The highest BCUT2D eigenvalue weighted by atomic mass is 79.9. The van der Waals surface area contributed by atoms with Crippen molar-refractivity contribution in [3.8, 4) is 0 Å². The van der Waals surface area contributed by atoms with Gasteiger partial charge in [-0.25, -0.2) is 0 Å². The van der Waals surface area contributed by atoms with Crippen molar-refractivity contribution >= 4 is 59.8 Å². The van der Waals surface area contributed by atoms with E-state index < -0.39 is 10.1 Å². The Hall–Kier alpha value is -0.770. The van der Waals surface area contributed by atoms with Crippen molar-refractivity contribution in [2.45, 2.75) is 11.3 Å². The van der Waals surface area contributed by atoms with Crippen LogP contribution in [0.4, 0.5) is 5.69 Å². The number of nitrogens with zero attached hydrogens (tertiary/aromatic N) is 2. The van der Waals surface area contributed by atoms with Gasteiger partial charge in [-0.15, -0.1) is 0 Å². The lowest BCUT2D eigenvalue weighted by Gasteiger charge is -2.16. The predicted octanol–water partition coefficient (Wildman–Crippen LogP) is 2.18. The van der Waals surface area contributed by atoms with Crippen LogP contribution in [-0.2, 0) is 14.9 Å². The van der Waals surface area contributed by atoms with Gasteiger partial charge in [-0.2, -0.15) is 18.5 Å². The molecule has 0 aliphatic carbocycles. The molecule has 1 heterocycles. The van der Waals surface area contributed by atoms with Crippen molar-refractivity contribution in [3.63, 3.8) is 0 Å². The molecule has 1 amide bonds. The van der Waals surface area contributed by atoms with E-state index in [9.17, 15) is 13.2 Å². The minimum absolute atomic E-state index is 0.0839. The average molecular weight is 398 g/mol. The number of hydrogen-bond acceptors (Lipinski definition) is 4. The molecule has 2 rings (SSSR count). The zero-order chi connectivity index (χ0) is 13.5. The molecule has 18 heavy (non-hydrogen) atoms. The predicted molar refractivity (Wildman–Crippen MR) is 72.3 cm³/mol. The Bertz CT molecular complexity index is 657. The minimum atomic E-state index is -4.39.